The summed E-state index contributed by atoms with van der Waals surface area (Å²) in [7, 11) is 0. The van der Waals surface area contributed by atoms with E-state index >= 15 is 0 Å². The van der Waals surface area contributed by atoms with Gasteiger partial charge in [0.05, 0.1) is 23.6 Å². The summed E-state index contributed by atoms with van der Waals surface area (Å²) in [5, 5.41) is 3.09. The summed E-state index contributed by atoms with van der Waals surface area (Å²) >= 11 is 3.30. The van der Waals surface area contributed by atoms with E-state index in [0.717, 1.165) is 33.5 Å². The predicted octanol–water partition coefficient (Wildman–Crippen LogP) is 5.32. The summed E-state index contributed by atoms with van der Waals surface area (Å²) in [6.45, 7) is 4.81. The Morgan fingerprint density at radius 1 is 1.21 bits per heavy atom. The molecule has 0 aliphatic carbocycles. The van der Waals surface area contributed by atoms with Gasteiger partial charge in [0.15, 0.2) is 0 Å². The Labute approximate surface area is 174 Å². The molecule has 0 spiro atoms. The molecule has 0 bridgehead atoms. The van der Waals surface area contributed by atoms with Crippen LogP contribution in [0.3, 0.4) is 0 Å². The summed E-state index contributed by atoms with van der Waals surface area (Å²) in [6.07, 6.45) is 0.793. The Morgan fingerprint density at radius 3 is 2.86 bits per heavy atom. The molecule has 0 fully saturated rings. The van der Waals surface area contributed by atoms with Gasteiger partial charge in [-0.1, -0.05) is 73.8 Å². The van der Waals surface area contributed by atoms with E-state index in [4.69, 9.17) is 9.73 Å². The van der Waals surface area contributed by atoms with Crippen LogP contribution < -0.4 is 10.1 Å². The van der Waals surface area contributed by atoms with Crippen LogP contribution in [-0.2, 0) is 10.5 Å². The van der Waals surface area contributed by atoms with Crippen molar-refractivity contribution < 1.29 is 9.53 Å². The summed E-state index contributed by atoms with van der Waals surface area (Å²) in [4.78, 5) is 17.9. The maximum absolute atomic E-state index is 13.1. The molecule has 2 atom stereocenters. The predicted molar refractivity (Wildman–Crippen MR) is 118 cm³/mol. The average molecular weight is 413 g/mol. The van der Waals surface area contributed by atoms with Crippen LogP contribution in [0.1, 0.15) is 37.4 Å². The van der Waals surface area contributed by atoms with E-state index in [0.29, 0.717) is 6.61 Å². The standard InChI is InChI=1S/C22H24N2O2S2/c1-14(2)20(28-22-24-17-9-5-3-7-15(17)13-27-22)21(25)23-18-11-12-26-19-10-6-4-8-16(18)19/h3-10,14,18,20H,11-13H2,1-2H3,(H,23,25)/t18-,20-/m0/s1. The van der Waals surface area contributed by atoms with Crippen LogP contribution in [0.15, 0.2) is 53.5 Å². The quantitative estimate of drug-likeness (QED) is 0.738. The first kappa shape index (κ1) is 19.4. The first-order chi connectivity index (χ1) is 13.6. The summed E-state index contributed by atoms with van der Waals surface area (Å²) in [5.41, 5.74) is 3.33. The van der Waals surface area contributed by atoms with E-state index in [9.17, 15) is 4.79 Å². The number of ether oxygens (including phenoxy) is 1. The molecule has 146 valence electrons. The molecule has 0 saturated heterocycles. The molecule has 2 aliphatic heterocycles. The van der Waals surface area contributed by atoms with Crippen molar-refractivity contribution in [2.24, 2.45) is 10.9 Å². The zero-order valence-electron chi connectivity index (χ0n) is 16.1. The molecular weight excluding hydrogens is 388 g/mol. The Kier molecular flexibility index (Phi) is 5.97. The van der Waals surface area contributed by atoms with Crippen molar-refractivity contribution in [3.8, 4) is 5.75 Å². The van der Waals surface area contributed by atoms with E-state index < -0.39 is 0 Å². The lowest BCUT2D eigenvalue weighted by molar-refractivity contribution is -0.122. The van der Waals surface area contributed by atoms with Crippen molar-refractivity contribution in [1.82, 2.24) is 5.32 Å². The monoisotopic (exact) mass is 412 g/mol. The highest BCUT2D eigenvalue weighted by Gasteiger charge is 2.30. The fourth-order valence-corrected chi connectivity index (χ4v) is 5.68. The zero-order valence-corrected chi connectivity index (χ0v) is 17.7. The topological polar surface area (TPSA) is 50.7 Å². The van der Waals surface area contributed by atoms with E-state index in [1.807, 2.05) is 42.5 Å². The number of amides is 1. The van der Waals surface area contributed by atoms with Gasteiger partial charge in [-0.25, -0.2) is 4.99 Å². The van der Waals surface area contributed by atoms with Crippen molar-refractivity contribution in [2.45, 2.75) is 37.3 Å². The highest BCUT2D eigenvalue weighted by atomic mass is 32.2. The molecule has 0 saturated carbocycles. The summed E-state index contributed by atoms with van der Waals surface area (Å²) < 4.78 is 6.69. The Balaban J connectivity index is 1.48. The molecule has 0 aromatic heterocycles. The normalized spacial score (nSPS) is 19.1. The van der Waals surface area contributed by atoms with Gasteiger partial charge in [-0.15, -0.1) is 0 Å². The first-order valence-corrected chi connectivity index (χ1v) is 11.5. The molecule has 2 aliphatic rings. The number of aliphatic imine (C=N–C) groups is 1. The van der Waals surface area contributed by atoms with Gasteiger partial charge in [0.2, 0.25) is 5.91 Å². The largest absolute Gasteiger partial charge is 0.493 e. The number of carbonyl (C=O) groups is 1. The second-order valence-electron chi connectivity index (χ2n) is 7.31. The number of benzene rings is 2. The number of carbonyl (C=O) groups excluding carboxylic acids is 1. The van der Waals surface area contributed by atoms with Crippen molar-refractivity contribution >= 4 is 39.5 Å². The zero-order chi connectivity index (χ0) is 19.5. The van der Waals surface area contributed by atoms with Crippen LogP contribution in [-0.4, -0.2) is 22.1 Å². The smallest absolute Gasteiger partial charge is 0.234 e. The third-order valence-electron chi connectivity index (χ3n) is 4.92. The molecule has 1 N–H and O–H groups in total. The minimum absolute atomic E-state index is 0.000902. The molecule has 28 heavy (non-hydrogen) atoms. The van der Waals surface area contributed by atoms with Crippen LogP contribution >= 0.6 is 23.5 Å². The minimum atomic E-state index is -0.175. The number of hydrogen-bond acceptors (Lipinski definition) is 5. The highest BCUT2D eigenvalue weighted by molar-refractivity contribution is 8.39. The van der Waals surface area contributed by atoms with Gasteiger partial charge in [0.1, 0.15) is 10.1 Å². The maximum Gasteiger partial charge on any atom is 0.234 e. The number of nitrogens with zero attached hydrogens (tertiary/aromatic N) is 1. The molecule has 2 aromatic carbocycles. The number of thioether (sulfide) groups is 2. The molecule has 2 heterocycles. The molecule has 2 aromatic rings. The number of nitrogens with one attached hydrogen (secondary N) is 1. The molecule has 0 unspecified atom stereocenters. The van der Waals surface area contributed by atoms with Crippen molar-refractivity contribution in [1.29, 1.82) is 0 Å². The minimum Gasteiger partial charge on any atom is -0.493 e. The lowest BCUT2D eigenvalue weighted by Gasteiger charge is -2.29. The molecule has 1 amide bonds. The third-order valence-corrected chi connectivity index (χ3v) is 7.66. The van der Waals surface area contributed by atoms with E-state index in [1.165, 1.54) is 5.56 Å². The number of hydrogen-bond donors (Lipinski definition) is 1. The Bertz CT molecular complexity index is 898. The lowest BCUT2D eigenvalue weighted by Crippen LogP contribution is -2.40. The van der Waals surface area contributed by atoms with E-state index in [1.54, 1.807) is 23.5 Å². The lowest BCUT2D eigenvalue weighted by atomic mass is 10.00. The van der Waals surface area contributed by atoms with Gasteiger partial charge in [0, 0.05) is 17.7 Å². The van der Waals surface area contributed by atoms with Crippen molar-refractivity contribution in [2.75, 3.05) is 6.61 Å². The van der Waals surface area contributed by atoms with E-state index in [2.05, 4.69) is 25.2 Å². The van der Waals surface area contributed by atoms with Gasteiger partial charge < -0.3 is 10.1 Å². The summed E-state index contributed by atoms with van der Waals surface area (Å²) in [5.74, 6) is 2.06. The Hall–Kier alpha value is -1.92. The Morgan fingerprint density at radius 2 is 2.00 bits per heavy atom. The summed E-state index contributed by atoms with van der Waals surface area (Å²) in [6, 6.07) is 16.2. The molecular formula is C22H24N2O2S2. The molecule has 0 radical (unpaired) electrons. The molecule has 4 rings (SSSR count). The molecule has 4 nitrogen and oxygen atoms in total. The average Bonchev–Trinajstić information content (AvgIpc) is 2.72. The number of fused-ring (bicyclic) bond motifs is 2. The fourth-order valence-electron chi connectivity index (χ4n) is 3.42. The van der Waals surface area contributed by atoms with Crippen LogP contribution in [0.5, 0.6) is 5.75 Å². The van der Waals surface area contributed by atoms with Gasteiger partial charge in [-0.05, 0) is 23.6 Å². The molecule has 6 heteroatoms. The SMILES string of the molecule is CC(C)[C@H](SC1=Nc2ccccc2CS1)C(=O)N[C@H]1CCOc2ccccc21. The number of rotatable bonds is 4. The van der Waals surface area contributed by atoms with E-state index in [-0.39, 0.29) is 23.1 Å². The van der Waals surface area contributed by atoms with Crippen LogP contribution in [0.4, 0.5) is 5.69 Å². The second-order valence-corrected chi connectivity index (χ2v) is 9.67. The third kappa shape index (κ3) is 4.23. The van der Waals surface area contributed by atoms with Crippen molar-refractivity contribution in [3.63, 3.8) is 0 Å². The van der Waals surface area contributed by atoms with Gasteiger partial charge in [-0.2, -0.15) is 0 Å². The van der Waals surface area contributed by atoms with Gasteiger partial charge in [0.25, 0.3) is 0 Å². The van der Waals surface area contributed by atoms with Crippen molar-refractivity contribution in [3.05, 3.63) is 59.7 Å². The highest BCUT2D eigenvalue weighted by Crippen LogP contribution is 2.38. The van der Waals surface area contributed by atoms with Crippen LogP contribution in [0, 0.1) is 5.92 Å². The number of para-hydroxylation sites is 2. The van der Waals surface area contributed by atoms with Gasteiger partial charge in [-0.3, -0.25) is 4.79 Å². The van der Waals surface area contributed by atoms with Crippen LogP contribution in [0.2, 0.25) is 0 Å². The van der Waals surface area contributed by atoms with Gasteiger partial charge >= 0.3 is 0 Å². The first-order valence-electron chi connectivity index (χ1n) is 9.60. The fraction of sp³-hybridized carbons (Fsp3) is 0.364. The van der Waals surface area contributed by atoms with Crippen LogP contribution in [0.25, 0.3) is 0 Å². The second kappa shape index (κ2) is 8.62. The maximum atomic E-state index is 13.1.